The summed E-state index contributed by atoms with van der Waals surface area (Å²) in [5, 5.41) is 0. The number of nitrogens with zero attached hydrogens (tertiary/aromatic N) is 1. The standard InChI is InChI=1S/C10H13NO3S/c1-2-14-4-3-8(12)5-9(13)10-6-11-7-15-10/h6-7H,2-5H2,1H3. The van der Waals surface area contributed by atoms with Crippen molar-refractivity contribution in [3.05, 3.63) is 16.6 Å². The molecule has 0 aliphatic carbocycles. The molecule has 0 atom stereocenters. The van der Waals surface area contributed by atoms with Crippen LogP contribution in [0.1, 0.15) is 29.4 Å². The number of ether oxygens (including phenoxy) is 1. The third-order valence-electron chi connectivity index (χ3n) is 1.79. The van der Waals surface area contributed by atoms with Crippen molar-refractivity contribution >= 4 is 22.9 Å². The van der Waals surface area contributed by atoms with E-state index in [9.17, 15) is 9.59 Å². The average Bonchev–Trinajstić information content (AvgIpc) is 2.70. The molecule has 0 N–H and O–H groups in total. The molecule has 4 nitrogen and oxygen atoms in total. The zero-order valence-corrected chi connectivity index (χ0v) is 9.38. The van der Waals surface area contributed by atoms with Gasteiger partial charge in [-0.1, -0.05) is 0 Å². The van der Waals surface area contributed by atoms with E-state index in [1.165, 1.54) is 17.5 Å². The lowest BCUT2D eigenvalue weighted by Crippen LogP contribution is -2.09. The lowest BCUT2D eigenvalue weighted by molar-refractivity contribution is -0.119. The molecule has 0 aromatic carbocycles. The van der Waals surface area contributed by atoms with E-state index in [4.69, 9.17) is 4.74 Å². The van der Waals surface area contributed by atoms with Crippen LogP contribution in [-0.4, -0.2) is 29.8 Å². The van der Waals surface area contributed by atoms with Crippen LogP contribution in [-0.2, 0) is 9.53 Å². The predicted octanol–water partition coefficient (Wildman–Crippen LogP) is 1.71. The van der Waals surface area contributed by atoms with Crippen molar-refractivity contribution in [1.29, 1.82) is 0 Å². The van der Waals surface area contributed by atoms with Crippen molar-refractivity contribution in [3.63, 3.8) is 0 Å². The van der Waals surface area contributed by atoms with Crippen LogP contribution in [0, 0.1) is 0 Å². The quantitative estimate of drug-likeness (QED) is 0.404. The molecule has 0 fully saturated rings. The van der Waals surface area contributed by atoms with E-state index < -0.39 is 0 Å². The first-order valence-electron chi connectivity index (χ1n) is 4.75. The number of hydrogen-bond acceptors (Lipinski definition) is 5. The first-order chi connectivity index (χ1) is 7.24. The fourth-order valence-electron chi connectivity index (χ4n) is 1.04. The fourth-order valence-corrected chi connectivity index (χ4v) is 1.60. The van der Waals surface area contributed by atoms with Crippen LogP contribution in [0.5, 0.6) is 0 Å². The monoisotopic (exact) mass is 227 g/mol. The van der Waals surface area contributed by atoms with Gasteiger partial charge >= 0.3 is 0 Å². The zero-order valence-electron chi connectivity index (χ0n) is 8.56. The van der Waals surface area contributed by atoms with E-state index in [0.29, 0.717) is 24.5 Å². The van der Waals surface area contributed by atoms with Crippen molar-refractivity contribution in [1.82, 2.24) is 4.98 Å². The van der Waals surface area contributed by atoms with E-state index in [-0.39, 0.29) is 18.0 Å². The topological polar surface area (TPSA) is 56.3 Å². The molecule has 0 unspecified atom stereocenters. The van der Waals surface area contributed by atoms with Gasteiger partial charge in [-0.3, -0.25) is 14.6 Å². The highest BCUT2D eigenvalue weighted by Gasteiger charge is 2.12. The third kappa shape index (κ3) is 4.31. The Kier molecular flexibility index (Phi) is 5.14. The number of carbonyl (C=O) groups is 2. The van der Waals surface area contributed by atoms with Crippen molar-refractivity contribution in [2.75, 3.05) is 13.2 Å². The summed E-state index contributed by atoms with van der Waals surface area (Å²) in [6.45, 7) is 2.86. The van der Waals surface area contributed by atoms with Gasteiger partial charge in [0.1, 0.15) is 5.78 Å². The number of thiazole rings is 1. The van der Waals surface area contributed by atoms with E-state index in [0.717, 1.165) is 0 Å². The Bertz CT molecular complexity index is 321. The number of aromatic nitrogens is 1. The Hall–Kier alpha value is -1.07. The number of Topliss-reactive ketones (excluding diaryl/α,β-unsaturated/α-hetero) is 2. The molecule has 15 heavy (non-hydrogen) atoms. The second kappa shape index (κ2) is 6.42. The van der Waals surface area contributed by atoms with Gasteiger partial charge in [0.2, 0.25) is 0 Å². The van der Waals surface area contributed by atoms with Crippen molar-refractivity contribution in [3.8, 4) is 0 Å². The molecule has 1 aromatic rings. The van der Waals surface area contributed by atoms with Gasteiger partial charge < -0.3 is 4.74 Å². The normalized spacial score (nSPS) is 10.2. The number of ketones is 2. The van der Waals surface area contributed by atoms with Gasteiger partial charge in [0.15, 0.2) is 5.78 Å². The fraction of sp³-hybridized carbons (Fsp3) is 0.500. The van der Waals surface area contributed by atoms with Crippen LogP contribution in [0.15, 0.2) is 11.7 Å². The summed E-state index contributed by atoms with van der Waals surface area (Å²) in [5.41, 5.74) is 1.58. The molecule has 5 heteroatoms. The van der Waals surface area contributed by atoms with Gasteiger partial charge in [-0.25, -0.2) is 0 Å². The minimum Gasteiger partial charge on any atom is -0.381 e. The van der Waals surface area contributed by atoms with Gasteiger partial charge in [0.05, 0.1) is 23.4 Å². The lowest BCUT2D eigenvalue weighted by atomic mass is 10.1. The maximum Gasteiger partial charge on any atom is 0.181 e. The van der Waals surface area contributed by atoms with Crippen LogP contribution in [0.4, 0.5) is 0 Å². The minimum atomic E-state index is -0.154. The zero-order chi connectivity index (χ0) is 11.1. The summed E-state index contributed by atoms with van der Waals surface area (Å²) in [6.07, 6.45) is 1.75. The van der Waals surface area contributed by atoms with Crippen molar-refractivity contribution in [2.24, 2.45) is 0 Å². The summed E-state index contributed by atoms with van der Waals surface area (Å²) in [6, 6.07) is 0. The number of carbonyl (C=O) groups excluding carboxylic acids is 2. The Morgan fingerprint density at radius 1 is 1.53 bits per heavy atom. The van der Waals surface area contributed by atoms with Gasteiger partial charge in [-0.15, -0.1) is 11.3 Å². The minimum absolute atomic E-state index is 0.0464. The van der Waals surface area contributed by atoms with Gasteiger partial charge in [-0.05, 0) is 6.92 Å². The summed E-state index contributed by atoms with van der Waals surface area (Å²) < 4.78 is 5.03. The van der Waals surface area contributed by atoms with E-state index in [1.807, 2.05) is 6.92 Å². The third-order valence-corrected chi connectivity index (χ3v) is 2.61. The SMILES string of the molecule is CCOCCC(=O)CC(=O)c1cncs1. The van der Waals surface area contributed by atoms with Crippen molar-refractivity contribution in [2.45, 2.75) is 19.8 Å². The Labute approximate surface area is 92.3 Å². The molecule has 82 valence electrons. The molecule has 0 saturated heterocycles. The summed E-state index contributed by atoms with van der Waals surface area (Å²) in [7, 11) is 0. The summed E-state index contributed by atoms with van der Waals surface area (Å²) in [4.78, 5) is 27.1. The number of hydrogen-bond donors (Lipinski definition) is 0. The molecule has 0 amide bonds. The Balaban J connectivity index is 2.29. The van der Waals surface area contributed by atoms with Crippen LogP contribution in [0.25, 0.3) is 0 Å². The number of rotatable bonds is 7. The molecule has 0 spiro atoms. The van der Waals surface area contributed by atoms with Crippen molar-refractivity contribution < 1.29 is 14.3 Å². The molecule has 0 bridgehead atoms. The summed E-state index contributed by atoms with van der Waals surface area (Å²) >= 11 is 1.26. The van der Waals surface area contributed by atoms with Gasteiger partial charge in [0, 0.05) is 19.2 Å². The Morgan fingerprint density at radius 2 is 2.33 bits per heavy atom. The lowest BCUT2D eigenvalue weighted by Gasteiger charge is -1.99. The first-order valence-corrected chi connectivity index (χ1v) is 5.63. The Morgan fingerprint density at radius 3 is 2.93 bits per heavy atom. The van der Waals surface area contributed by atoms with E-state index in [1.54, 1.807) is 5.51 Å². The highest BCUT2D eigenvalue weighted by Crippen LogP contribution is 2.09. The smallest absolute Gasteiger partial charge is 0.181 e. The molecule has 0 radical (unpaired) electrons. The average molecular weight is 227 g/mol. The second-order valence-corrected chi connectivity index (χ2v) is 3.84. The predicted molar refractivity (Wildman–Crippen MR) is 57.2 cm³/mol. The summed E-state index contributed by atoms with van der Waals surface area (Å²) in [5.74, 6) is -0.235. The molecule has 1 heterocycles. The van der Waals surface area contributed by atoms with E-state index >= 15 is 0 Å². The van der Waals surface area contributed by atoms with E-state index in [2.05, 4.69) is 4.98 Å². The highest BCUT2D eigenvalue weighted by molar-refractivity contribution is 7.11. The molecule has 1 rings (SSSR count). The first kappa shape index (κ1) is 12.0. The maximum absolute atomic E-state index is 11.5. The molecule has 1 aromatic heterocycles. The maximum atomic E-state index is 11.5. The van der Waals surface area contributed by atoms with Gasteiger partial charge in [-0.2, -0.15) is 0 Å². The molecule has 0 aliphatic heterocycles. The van der Waals surface area contributed by atoms with Gasteiger partial charge in [0.25, 0.3) is 0 Å². The van der Waals surface area contributed by atoms with Crippen LogP contribution in [0.2, 0.25) is 0 Å². The molecule has 0 aliphatic rings. The van der Waals surface area contributed by atoms with Crippen LogP contribution in [0.3, 0.4) is 0 Å². The second-order valence-electron chi connectivity index (χ2n) is 2.95. The largest absolute Gasteiger partial charge is 0.381 e. The molecular weight excluding hydrogens is 214 g/mol. The highest BCUT2D eigenvalue weighted by atomic mass is 32.1. The van der Waals surface area contributed by atoms with Crippen LogP contribution >= 0.6 is 11.3 Å². The van der Waals surface area contributed by atoms with Crippen LogP contribution < -0.4 is 0 Å². The molecular formula is C10H13NO3S. The molecule has 0 saturated carbocycles.